The number of anilines is 2. The second-order valence-electron chi connectivity index (χ2n) is 9.44. The number of piperazine rings is 1. The maximum Gasteiger partial charge on any atom is 0.320 e. The number of nitriles is 1. The van der Waals surface area contributed by atoms with E-state index in [1.807, 2.05) is 16.7 Å². The van der Waals surface area contributed by atoms with Crippen LogP contribution >= 0.6 is 0 Å². The van der Waals surface area contributed by atoms with Gasteiger partial charge in [-0.3, -0.25) is 14.8 Å². The van der Waals surface area contributed by atoms with Gasteiger partial charge in [-0.1, -0.05) is 0 Å². The fourth-order valence-corrected chi connectivity index (χ4v) is 4.46. The van der Waals surface area contributed by atoms with Crippen molar-refractivity contribution in [1.82, 2.24) is 30.0 Å². The van der Waals surface area contributed by atoms with E-state index in [4.69, 9.17) is 4.98 Å². The summed E-state index contributed by atoms with van der Waals surface area (Å²) in [6.45, 7) is 3.69. The largest absolute Gasteiger partial charge is 0.351 e. The lowest BCUT2D eigenvalue weighted by atomic mass is 9.93. The zero-order chi connectivity index (χ0) is 23.8. The molecule has 3 fully saturated rings. The molecule has 2 aliphatic carbocycles. The van der Waals surface area contributed by atoms with Crippen molar-refractivity contribution in [3.63, 3.8) is 0 Å². The summed E-state index contributed by atoms with van der Waals surface area (Å²) >= 11 is 0. The minimum atomic E-state index is -0.379. The molecule has 2 saturated carbocycles. The molecule has 0 aromatic carbocycles. The normalized spacial score (nSPS) is 20.4. The van der Waals surface area contributed by atoms with Crippen LogP contribution in [0.4, 0.5) is 16.4 Å². The molecule has 11 nitrogen and oxygen atoms in total. The highest BCUT2D eigenvalue weighted by Crippen LogP contribution is 2.34. The first kappa shape index (κ1) is 22.1. The van der Waals surface area contributed by atoms with Gasteiger partial charge in [0.25, 0.3) is 0 Å². The van der Waals surface area contributed by atoms with Crippen LogP contribution in [0.1, 0.15) is 44.6 Å². The van der Waals surface area contributed by atoms with Gasteiger partial charge in [-0.15, -0.1) is 0 Å². The molecule has 0 radical (unpaired) electrons. The van der Waals surface area contributed by atoms with Crippen molar-refractivity contribution in [3.8, 4) is 17.5 Å². The first-order chi connectivity index (χ1) is 16.4. The third kappa shape index (κ3) is 4.40. The van der Waals surface area contributed by atoms with Crippen LogP contribution in [0, 0.1) is 17.2 Å². The maximum absolute atomic E-state index is 12.6. The summed E-state index contributed by atoms with van der Waals surface area (Å²) in [5.74, 6) is 1.41. The monoisotopic (exact) mass is 463 g/mol. The van der Waals surface area contributed by atoms with Crippen LogP contribution in [0.2, 0.25) is 0 Å². The number of amides is 3. The Morgan fingerprint density at radius 1 is 1.18 bits per heavy atom. The second kappa shape index (κ2) is 8.93. The quantitative estimate of drug-likeness (QED) is 0.692. The smallest absolute Gasteiger partial charge is 0.320 e. The number of hydrogen-bond donors (Lipinski definition) is 2. The van der Waals surface area contributed by atoms with E-state index in [0.29, 0.717) is 36.8 Å². The molecule has 3 amide bonds. The number of aryl methyl sites for hydroxylation is 1. The van der Waals surface area contributed by atoms with Gasteiger partial charge in [-0.05, 0) is 39.0 Å². The molecular formula is C23H29N9O2. The molecule has 34 heavy (non-hydrogen) atoms. The average Bonchev–Trinajstić information content (AvgIpc) is 3.55. The predicted octanol–water partition coefficient (Wildman–Crippen LogP) is 1.87. The molecule has 1 aliphatic heterocycles. The van der Waals surface area contributed by atoms with Crippen molar-refractivity contribution in [2.75, 3.05) is 29.9 Å². The molecule has 0 unspecified atom stereocenters. The van der Waals surface area contributed by atoms with Crippen LogP contribution in [-0.4, -0.2) is 68.3 Å². The van der Waals surface area contributed by atoms with Gasteiger partial charge in [0.05, 0.1) is 11.8 Å². The molecule has 3 heterocycles. The van der Waals surface area contributed by atoms with E-state index < -0.39 is 0 Å². The van der Waals surface area contributed by atoms with E-state index in [2.05, 4.69) is 26.8 Å². The van der Waals surface area contributed by atoms with Crippen molar-refractivity contribution >= 4 is 23.6 Å². The van der Waals surface area contributed by atoms with Gasteiger partial charge in [0, 0.05) is 50.9 Å². The molecule has 0 bridgehead atoms. The summed E-state index contributed by atoms with van der Waals surface area (Å²) in [7, 11) is 1.80. The van der Waals surface area contributed by atoms with Gasteiger partial charge in [0.15, 0.2) is 17.5 Å². The average molecular weight is 464 g/mol. The van der Waals surface area contributed by atoms with Crippen molar-refractivity contribution < 1.29 is 9.59 Å². The fraction of sp³-hybridized carbons (Fsp3) is 0.565. The van der Waals surface area contributed by atoms with Gasteiger partial charge in [0.1, 0.15) is 11.6 Å². The highest BCUT2D eigenvalue weighted by atomic mass is 16.2. The molecule has 0 spiro atoms. The van der Waals surface area contributed by atoms with Crippen LogP contribution in [0.15, 0.2) is 12.4 Å². The fourth-order valence-electron chi connectivity index (χ4n) is 4.46. The van der Waals surface area contributed by atoms with Crippen molar-refractivity contribution in [3.05, 3.63) is 18.0 Å². The van der Waals surface area contributed by atoms with E-state index in [-0.39, 0.29) is 41.3 Å². The minimum Gasteiger partial charge on any atom is -0.351 e. The summed E-state index contributed by atoms with van der Waals surface area (Å²) in [4.78, 5) is 38.4. The van der Waals surface area contributed by atoms with E-state index in [0.717, 1.165) is 32.1 Å². The lowest BCUT2D eigenvalue weighted by Crippen LogP contribution is -2.55. The molecule has 178 valence electrons. The summed E-state index contributed by atoms with van der Waals surface area (Å²) < 4.78 is 1.65. The lowest BCUT2D eigenvalue weighted by molar-refractivity contribution is -0.134. The number of rotatable bonds is 5. The van der Waals surface area contributed by atoms with Crippen LogP contribution in [0.3, 0.4) is 0 Å². The Morgan fingerprint density at radius 3 is 2.56 bits per heavy atom. The first-order valence-electron chi connectivity index (χ1n) is 11.9. The van der Waals surface area contributed by atoms with Crippen molar-refractivity contribution in [2.45, 2.75) is 51.1 Å². The third-order valence-corrected chi connectivity index (χ3v) is 6.77. The standard InChI is InChI=1S/C23H29N9O2/c1-14-12-31(8-9-32(14)22(33)15-6-7-15)21-18(10-24)20(29-23(34)26-17-4-3-5-17)27-19(28-21)16-11-25-30(2)13-16/h11,13-15,17H,3-9,12H2,1-2H3,(H2,26,27,28,29,34)/t14-/m1/s1. The summed E-state index contributed by atoms with van der Waals surface area (Å²) in [6.07, 6.45) is 8.40. The molecular weight excluding hydrogens is 434 g/mol. The minimum absolute atomic E-state index is 0.0106. The molecule has 1 saturated heterocycles. The van der Waals surface area contributed by atoms with E-state index >= 15 is 0 Å². The van der Waals surface area contributed by atoms with Gasteiger partial charge in [-0.25, -0.2) is 14.8 Å². The lowest BCUT2D eigenvalue weighted by Gasteiger charge is -2.41. The SMILES string of the molecule is C[C@@H]1CN(c2nc(-c3cnn(C)c3)nc(NC(=O)NC3CCC3)c2C#N)CCN1C(=O)C1CC1. The van der Waals surface area contributed by atoms with Crippen LogP contribution in [0.5, 0.6) is 0 Å². The number of nitrogens with zero attached hydrogens (tertiary/aromatic N) is 7. The Morgan fingerprint density at radius 2 is 1.97 bits per heavy atom. The number of carbonyl (C=O) groups excluding carboxylic acids is 2. The topological polar surface area (TPSA) is 132 Å². The number of hydrogen-bond acceptors (Lipinski definition) is 7. The summed E-state index contributed by atoms with van der Waals surface area (Å²) in [5.41, 5.74) is 0.900. The zero-order valence-electron chi connectivity index (χ0n) is 19.5. The van der Waals surface area contributed by atoms with Crippen molar-refractivity contribution in [1.29, 1.82) is 5.26 Å². The number of urea groups is 1. The molecule has 11 heteroatoms. The number of nitrogens with one attached hydrogen (secondary N) is 2. The highest BCUT2D eigenvalue weighted by molar-refractivity contribution is 5.91. The number of carbonyl (C=O) groups is 2. The molecule has 2 aromatic heterocycles. The highest BCUT2D eigenvalue weighted by Gasteiger charge is 2.38. The van der Waals surface area contributed by atoms with E-state index in [9.17, 15) is 14.9 Å². The Hall–Kier alpha value is -3.68. The maximum atomic E-state index is 12.6. The third-order valence-electron chi connectivity index (χ3n) is 6.77. The molecule has 2 N–H and O–H groups in total. The summed E-state index contributed by atoms with van der Waals surface area (Å²) in [6, 6.07) is 1.96. The van der Waals surface area contributed by atoms with Crippen molar-refractivity contribution in [2.24, 2.45) is 13.0 Å². The Kier molecular flexibility index (Phi) is 5.81. The van der Waals surface area contributed by atoms with Gasteiger partial charge in [0.2, 0.25) is 5.91 Å². The molecule has 2 aromatic rings. The second-order valence-corrected chi connectivity index (χ2v) is 9.44. The van der Waals surface area contributed by atoms with Crippen LogP contribution in [0.25, 0.3) is 11.4 Å². The summed E-state index contributed by atoms with van der Waals surface area (Å²) in [5, 5.41) is 19.9. The molecule has 5 rings (SSSR count). The zero-order valence-corrected chi connectivity index (χ0v) is 19.5. The van der Waals surface area contributed by atoms with E-state index in [1.54, 1.807) is 24.1 Å². The Balaban J connectivity index is 1.45. The van der Waals surface area contributed by atoms with Crippen LogP contribution in [-0.2, 0) is 11.8 Å². The first-order valence-corrected chi connectivity index (χ1v) is 11.9. The predicted molar refractivity (Wildman–Crippen MR) is 125 cm³/mol. The van der Waals surface area contributed by atoms with Gasteiger partial charge in [-0.2, -0.15) is 10.4 Å². The Bertz CT molecular complexity index is 1150. The van der Waals surface area contributed by atoms with Crippen LogP contribution < -0.4 is 15.5 Å². The van der Waals surface area contributed by atoms with Gasteiger partial charge < -0.3 is 15.1 Å². The van der Waals surface area contributed by atoms with Gasteiger partial charge >= 0.3 is 6.03 Å². The number of aromatic nitrogens is 4. The molecule has 3 aliphatic rings. The Labute approximate surface area is 198 Å². The molecule has 1 atom stereocenters. The van der Waals surface area contributed by atoms with E-state index in [1.165, 1.54) is 0 Å².